The first kappa shape index (κ1) is 100. The zero-order valence-corrected chi connectivity index (χ0v) is 68.7. The molecule has 2 unspecified atom stereocenters. The van der Waals surface area contributed by atoms with E-state index in [-0.39, 0.29) is 25.7 Å². The lowest BCUT2D eigenvalue weighted by Gasteiger charge is -2.21. The van der Waals surface area contributed by atoms with Gasteiger partial charge in [0.2, 0.25) is 0 Å². The van der Waals surface area contributed by atoms with Crippen molar-refractivity contribution in [1.82, 2.24) is 0 Å². The molecule has 0 saturated carbocycles. The number of phosphoric acid groups is 2. The first-order chi connectivity index (χ1) is 49.4. The number of rotatable bonds is 82. The SMILES string of the molecule is CCCCCCCCCCCCCCCCCCCCC(=O)O[C@H](COC(=O)CCCCCCCCCCCCCCCC(C)C)COP(=O)(O)OC[C@@H](O)COP(=O)(O)OC[C@@H](COC(=O)CCCCCCCCCCCCCCC)OC(=O)CCCCCCCCCCCCCCC(C)C. The molecular formula is C83H162O17P2. The van der Waals surface area contributed by atoms with Crippen molar-refractivity contribution in [3.05, 3.63) is 0 Å². The Morgan fingerprint density at radius 2 is 0.451 bits per heavy atom. The van der Waals surface area contributed by atoms with Gasteiger partial charge in [-0.3, -0.25) is 37.3 Å². The lowest BCUT2D eigenvalue weighted by molar-refractivity contribution is -0.161. The van der Waals surface area contributed by atoms with Crippen LogP contribution in [0.3, 0.4) is 0 Å². The molecule has 0 heterocycles. The Morgan fingerprint density at radius 1 is 0.265 bits per heavy atom. The Morgan fingerprint density at radius 3 is 0.667 bits per heavy atom. The highest BCUT2D eigenvalue weighted by Gasteiger charge is 2.30. The molecule has 0 radical (unpaired) electrons. The van der Waals surface area contributed by atoms with E-state index in [1.54, 1.807) is 0 Å². The molecule has 0 spiro atoms. The number of aliphatic hydroxyl groups excluding tert-OH is 1. The number of phosphoric ester groups is 2. The molecule has 102 heavy (non-hydrogen) atoms. The molecule has 3 N–H and O–H groups in total. The number of carbonyl (C=O) groups excluding carboxylic acids is 4. The molecule has 17 nitrogen and oxygen atoms in total. The van der Waals surface area contributed by atoms with E-state index in [0.717, 1.165) is 102 Å². The predicted octanol–water partition coefficient (Wildman–Crippen LogP) is 25.1. The van der Waals surface area contributed by atoms with E-state index in [0.29, 0.717) is 25.7 Å². The minimum Gasteiger partial charge on any atom is -0.462 e. The summed E-state index contributed by atoms with van der Waals surface area (Å²) in [5.41, 5.74) is 0. The maximum Gasteiger partial charge on any atom is 0.472 e. The van der Waals surface area contributed by atoms with Gasteiger partial charge in [-0.15, -0.1) is 0 Å². The number of hydrogen-bond acceptors (Lipinski definition) is 15. The largest absolute Gasteiger partial charge is 0.472 e. The summed E-state index contributed by atoms with van der Waals surface area (Å²) >= 11 is 0. The molecule has 0 aromatic rings. The van der Waals surface area contributed by atoms with Crippen LogP contribution < -0.4 is 0 Å². The molecule has 0 amide bonds. The predicted molar refractivity (Wildman–Crippen MR) is 418 cm³/mol. The van der Waals surface area contributed by atoms with E-state index in [9.17, 15) is 43.2 Å². The lowest BCUT2D eigenvalue weighted by Crippen LogP contribution is -2.30. The molecule has 19 heteroatoms. The Kier molecular flexibility index (Phi) is 73.1. The average Bonchev–Trinajstić information content (AvgIpc) is 1.04. The van der Waals surface area contributed by atoms with Gasteiger partial charge in [-0.1, -0.05) is 388 Å². The first-order valence-corrected chi connectivity index (χ1v) is 46.0. The first-order valence-electron chi connectivity index (χ1n) is 43.0. The highest BCUT2D eigenvalue weighted by molar-refractivity contribution is 7.47. The van der Waals surface area contributed by atoms with Crippen molar-refractivity contribution in [3.8, 4) is 0 Å². The topological polar surface area (TPSA) is 237 Å². The molecule has 606 valence electrons. The molecule has 0 fully saturated rings. The summed E-state index contributed by atoms with van der Waals surface area (Å²) in [6, 6.07) is 0. The Bertz CT molecular complexity index is 1960. The summed E-state index contributed by atoms with van der Waals surface area (Å²) in [5.74, 6) is -0.535. The zero-order chi connectivity index (χ0) is 74.9. The van der Waals surface area contributed by atoms with Gasteiger partial charge in [0, 0.05) is 25.7 Å². The van der Waals surface area contributed by atoms with E-state index >= 15 is 0 Å². The molecular weight excluding hydrogens is 1330 g/mol. The number of unbranched alkanes of at least 4 members (excludes halogenated alkanes) is 52. The summed E-state index contributed by atoms with van der Waals surface area (Å²) in [6.07, 6.45) is 65.0. The van der Waals surface area contributed by atoms with Crippen LogP contribution in [0.25, 0.3) is 0 Å². The fourth-order valence-electron chi connectivity index (χ4n) is 12.9. The molecule has 0 rings (SSSR count). The van der Waals surface area contributed by atoms with Crippen molar-refractivity contribution in [2.24, 2.45) is 11.8 Å². The normalized spacial score (nSPS) is 13.9. The van der Waals surface area contributed by atoms with Crippen LogP contribution in [0, 0.1) is 11.8 Å². The van der Waals surface area contributed by atoms with Gasteiger partial charge < -0.3 is 33.8 Å². The van der Waals surface area contributed by atoms with Crippen LogP contribution in [0.15, 0.2) is 0 Å². The number of aliphatic hydroxyl groups is 1. The fourth-order valence-corrected chi connectivity index (χ4v) is 14.5. The van der Waals surface area contributed by atoms with Crippen LogP contribution in [-0.4, -0.2) is 96.7 Å². The average molecular weight is 1490 g/mol. The van der Waals surface area contributed by atoms with Gasteiger partial charge in [-0.05, 0) is 37.5 Å². The van der Waals surface area contributed by atoms with E-state index in [2.05, 4.69) is 41.5 Å². The summed E-state index contributed by atoms with van der Waals surface area (Å²) in [6.45, 7) is 9.69. The molecule has 0 aliphatic rings. The van der Waals surface area contributed by atoms with Gasteiger partial charge in [0.25, 0.3) is 0 Å². The number of hydrogen-bond donors (Lipinski definition) is 3. The third-order valence-electron chi connectivity index (χ3n) is 19.5. The van der Waals surface area contributed by atoms with Crippen molar-refractivity contribution >= 4 is 39.5 Å². The van der Waals surface area contributed by atoms with Gasteiger partial charge in [0.1, 0.15) is 19.3 Å². The van der Waals surface area contributed by atoms with Gasteiger partial charge in [0.05, 0.1) is 26.4 Å². The second-order valence-electron chi connectivity index (χ2n) is 30.8. The van der Waals surface area contributed by atoms with Gasteiger partial charge >= 0.3 is 39.5 Å². The molecule has 5 atom stereocenters. The third-order valence-corrected chi connectivity index (χ3v) is 21.4. The summed E-state index contributed by atoms with van der Waals surface area (Å²) in [5, 5.41) is 10.7. The summed E-state index contributed by atoms with van der Waals surface area (Å²) < 4.78 is 68.8. The van der Waals surface area contributed by atoms with Crippen LogP contribution in [0.2, 0.25) is 0 Å². The van der Waals surface area contributed by atoms with Gasteiger partial charge in [0.15, 0.2) is 12.2 Å². The van der Waals surface area contributed by atoms with Crippen LogP contribution in [-0.2, 0) is 65.4 Å². The van der Waals surface area contributed by atoms with Crippen LogP contribution in [0.4, 0.5) is 0 Å². The standard InChI is InChI=1S/C83H162O17P2/c1-7-9-11-13-15-17-19-21-22-23-24-25-29-37-43-49-55-61-67-82(87)99-78(72-94-81(86)66-60-54-48-42-36-30-26-28-33-39-45-51-57-63-75(3)4)73-97-101(89,90)95-69-77(84)70-96-102(91,92)98-74-79(71-93-80(85)65-59-53-47-41-35-27-20-18-16-14-12-10-8-2)100-83(88)68-62-56-50-44-38-32-31-34-40-46-52-58-64-76(5)6/h75-79,84H,7-74H2,1-6H3,(H,89,90)(H,91,92)/t77-,78-,79-/m1/s1. The van der Waals surface area contributed by atoms with Gasteiger partial charge in [-0.25, -0.2) is 9.13 Å². The quantitative estimate of drug-likeness (QED) is 0.0222. The summed E-state index contributed by atoms with van der Waals surface area (Å²) in [4.78, 5) is 73.2. The Balaban J connectivity index is 5.27. The van der Waals surface area contributed by atoms with E-state index < -0.39 is 97.5 Å². The molecule has 0 bridgehead atoms. The van der Waals surface area contributed by atoms with E-state index in [1.807, 2.05) is 0 Å². The third kappa shape index (κ3) is 76.3. The molecule has 0 aliphatic heterocycles. The number of esters is 4. The molecule has 0 aromatic carbocycles. The maximum absolute atomic E-state index is 13.1. The van der Waals surface area contributed by atoms with Crippen LogP contribution in [0.5, 0.6) is 0 Å². The zero-order valence-electron chi connectivity index (χ0n) is 66.9. The molecule has 0 saturated heterocycles. The van der Waals surface area contributed by atoms with E-state index in [1.165, 1.54) is 257 Å². The minimum atomic E-state index is -4.96. The fraction of sp³-hybridized carbons (Fsp3) is 0.952. The summed E-state index contributed by atoms with van der Waals surface area (Å²) in [7, 11) is -9.92. The second kappa shape index (κ2) is 74.5. The monoisotopic (exact) mass is 1490 g/mol. The van der Waals surface area contributed by atoms with Crippen molar-refractivity contribution in [3.63, 3.8) is 0 Å². The smallest absolute Gasteiger partial charge is 0.462 e. The van der Waals surface area contributed by atoms with Crippen molar-refractivity contribution in [2.45, 2.75) is 458 Å². The van der Waals surface area contributed by atoms with Crippen molar-refractivity contribution in [2.75, 3.05) is 39.6 Å². The highest BCUT2D eigenvalue weighted by Crippen LogP contribution is 2.45. The second-order valence-corrected chi connectivity index (χ2v) is 33.7. The van der Waals surface area contributed by atoms with Crippen molar-refractivity contribution in [1.29, 1.82) is 0 Å². The minimum absolute atomic E-state index is 0.108. The Labute approximate surface area is 626 Å². The van der Waals surface area contributed by atoms with E-state index in [4.69, 9.17) is 37.0 Å². The highest BCUT2D eigenvalue weighted by atomic mass is 31.2. The maximum atomic E-state index is 13.1. The number of carbonyl (C=O) groups is 4. The van der Waals surface area contributed by atoms with Crippen molar-refractivity contribution < 1.29 is 80.2 Å². The van der Waals surface area contributed by atoms with Crippen LogP contribution >= 0.6 is 15.6 Å². The van der Waals surface area contributed by atoms with Crippen LogP contribution in [0.1, 0.15) is 440 Å². The lowest BCUT2D eigenvalue weighted by atomic mass is 10.0. The molecule has 0 aliphatic carbocycles. The molecule has 0 aromatic heterocycles. The Hall–Kier alpha value is -1.94. The van der Waals surface area contributed by atoms with Gasteiger partial charge in [-0.2, -0.15) is 0 Å². The number of ether oxygens (including phenoxy) is 4.